The number of hydrogen-bond acceptors (Lipinski definition) is 7. The van der Waals surface area contributed by atoms with Crippen LogP contribution in [0, 0.1) is 5.92 Å². The van der Waals surface area contributed by atoms with Gasteiger partial charge in [0.1, 0.15) is 5.92 Å². The van der Waals surface area contributed by atoms with Crippen molar-refractivity contribution in [3.05, 3.63) is 35.9 Å². The number of ether oxygens (including phenoxy) is 3. The van der Waals surface area contributed by atoms with E-state index in [-0.39, 0.29) is 13.2 Å². The van der Waals surface area contributed by atoms with Crippen LogP contribution in [0.1, 0.15) is 12.5 Å². The second-order valence-electron chi connectivity index (χ2n) is 5.47. The molecule has 1 heterocycles. The lowest BCUT2D eigenvalue weighted by atomic mass is 10.0. The van der Waals surface area contributed by atoms with Gasteiger partial charge in [0.2, 0.25) is 0 Å². The van der Waals surface area contributed by atoms with Crippen molar-refractivity contribution in [2.75, 3.05) is 27.4 Å². The number of rotatable bonds is 5. The summed E-state index contributed by atoms with van der Waals surface area (Å²) in [4.78, 5) is 36.8. The van der Waals surface area contributed by atoms with Crippen LogP contribution in [0.4, 0.5) is 4.79 Å². The molecule has 1 saturated heterocycles. The Labute approximate surface area is 146 Å². The summed E-state index contributed by atoms with van der Waals surface area (Å²) >= 11 is 0. The van der Waals surface area contributed by atoms with E-state index in [2.05, 4.69) is 0 Å². The molecule has 0 aromatic heterocycles. The van der Waals surface area contributed by atoms with Crippen LogP contribution in [-0.4, -0.2) is 61.5 Å². The first-order valence-electron chi connectivity index (χ1n) is 7.93. The highest BCUT2D eigenvalue weighted by Crippen LogP contribution is 2.29. The number of carbonyl (C=O) groups excluding carboxylic acids is 3. The van der Waals surface area contributed by atoms with Crippen LogP contribution in [-0.2, 0) is 30.3 Å². The molecule has 0 unspecified atom stereocenters. The Kier molecular flexibility index (Phi) is 6.35. The average molecular weight is 350 g/mol. The molecule has 1 fully saturated rings. The molecule has 0 radical (unpaired) electrons. The van der Waals surface area contributed by atoms with Crippen LogP contribution >= 0.6 is 0 Å². The third-order valence-electron chi connectivity index (χ3n) is 3.97. The molecule has 1 aliphatic heterocycles. The van der Waals surface area contributed by atoms with E-state index in [4.69, 9.17) is 14.2 Å². The standard InChI is InChI=1S/C17H22N2O6/c1-4-25-17(22)19-14(16(21)24-3)13(15(20)23-2)11-18(19)10-12-8-6-5-7-9-12/h5-9,13-14H,4,10-11H2,1-3H3/t13-,14+/m0/s1. The summed E-state index contributed by atoms with van der Waals surface area (Å²) < 4.78 is 14.7. The molecular formula is C17H22N2O6. The van der Waals surface area contributed by atoms with E-state index in [1.54, 1.807) is 11.9 Å². The summed E-state index contributed by atoms with van der Waals surface area (Å²) in [6, 6.07) is 8.28. The Morgan fingerprint density at radius 2 is 1.72 bits per heavy atom. The topological polar surface area (TPSA) is 85.4 Å². The zero-order chi connectivity index (χ0) is 18.4. The molecule has 0 N–H and O–H groups in total. The summed E-state index contributed by atoms with van der Waals surface area (Å²) in [6.07, 6.45) is -0.708. The largest absolute Gasteiger partial charge is 0.469 e. The van der Waals surface area contributed by atoms with Crippen LogP contribution in [0.15, 0.2) is 30.3 Å². The predicted molar refractivity (Wildman–Crippen MR) is 87.0 cm³/mol. The third kappa shape index (κ3) is 4.08. The first-order valence-corrected chi connectivity index (χ1v) is 7.93. The summed E-state index contributed by atoms with van der Waals surface area (Å²) in [5.41, 5.74) is 0.922. The molecule has 136 valence electrons. The van der Waals surface area contributed by atoms with Gasteiger partial charge in [-0.3, -0.25) is 4.79 Å². The van der Waals surface area contributed by atoms with Crippen molar-refractivity contribution in [1.29, 1.82) is 0 Å². The van der Waals surface area contributed by atoms with Gasteiger partial charge in [-0.25, -0.2) is 19.6 Å². The lowest BCUT2D eigenvalue weighted by molar-refractivity contribution is -0.156. The number of nitrogens with zero attached hydrogens (tertiary/aromatic N) is 2. The molecule has 0 spiro atoms. The van der Waals surface area contributed by atoms with E-state index in [1.807, 2.05) is 30.3 Å². The molecule has 1 amide bonds. The number of carbonyl (C=O) groups is 3. The fourth-order valence-corrected chi connectivity index (χ4v) is 2.85. The van der Waals surface area contributed by atoms with Gasteiger partial charge in [-0.05, 0) is 12.5 Å². The van der Waals surface area contributed by atoms with E-state index in [9.17, 15) is 14.4 Å². The number of hydrazine groups is 1. The molecular weight excluding hydrogens is 328 g/mol. The normalized spacial score (nSPS) is 20.2. The van der Waals surface area contributed by atoms with Crippen LogP contribution in [0.2, 0.25) is 0 Å². The van der Waals surface area contributed by atoms with Crippen molar-refractivity contribution in [2.45, 2.75) is 19.5 Å². The van der Waals surface area contributed by atoms with E-state index >= 15 is 0 Å². The van der Waals surface area contributed by atoms with Crippen LogP contribution in [0.3, 0.4) is 0 Å². The maximum absolute atomic E-state index is 12.4. The molecule has 2 rings (SSSR count). The fourth-order valence-electron chi connectivity index (χ4n) is 2.85. The minimum atomic E-state index is -1.12. The van der Waals surface area contributed by atoms with Gasteiger partial charge in [0.05, 0.1) is 20.8 Å². The van der Waals surface area contributed by atoms with Crippen molar-refractivity contribution in [3.8, 4) is 0 Å². The van der Waals surface area contributed by atoms with Crippen molar-refractivity contribution in [3.63, 3.8) is 0 Å². The minimum Gasteiger partial charge on any atom is -0.469 e. The first-order chi connectivity index (χ1) is 12.0. The third-order valence-corrected chi connectivity index (χ3v) is 3.97. The highest BCUT2D eigenvalue weighted by atomic mass is 16.6. The maximum Gasteiger partial charge on any atom is 0.425 e. The minimum absolute atomic E-state index is 0.139. The Morgan fingerprint density at radius 3 is 2.28 bits per heavy atom. The van der Waals surface area contributed by atoms with Crippen molar-refractivity contribution < 1.29 is 28.6 Å². The van der Waals surface area contributed by atoms with E-state index in [1.165, 1.54) is 14.2 Å². The van der Waals surface area contributed by atoms with Crippen molar-refractivity contribution in [1.82, 2.24) is 10.0 Å². The monoisotopic (exact) mass is 350 g/mol. The first kappa shape index (κ1) is 18.7. The average Bonchev–Trinajstić information content (AvgIpc) is 3.00. The number of methoxy groups -OCH3 is 2. The predicted octanol–water partition coefficient (Wildman–Crippen LogP) is 1.21. The van der Waals surface area contributed by atoms with Gasteiger partial charge in [-0.15, -0.1) is 0 Å². The summed E-state index contributed by atoms with van der Waals surface area (Å²) in [5, 5.41) is 2.76. The fraction of sp³-hybridized carbons (Fsp3) is 0.471. The van der Waals surface area contributed by atoms with Crippen molar-refractivity contribution in [2.24, 2.45) is 5.92 Å². The van der Waals surface area contributed by atoms with E-state index in [0.717, 1.165) is 10.6 Å². The van der Waals surface area contributed by atoms with Gasteiger partial charge >= 0.3 is 18.0 Å². The van der Waals surface area contributed by atoms with Crippen LogP contribution < -0.4 is 0 Å². The summed E-state index contributed by atoms with van der Waals surface area (Å²) in [6.45, 7) is 2.28. The van der Waals surface area contributed by atoms with Gasteiger partial charge in [-0.2, -0.15) is 0 Å². The number of esters is 2. The molecule has 1 aromatic rings. The van der Waals surface area contributed by atoms with Gasteiger partial charge in [0, 0.05) is 13.1 Å². The smallest absolute Gasteiger partial charge is 0.425 e. The molecule has 1 aliphatic rings. The lowest BCUT2D eigenvalue weighted by Gasteiger charge is -2.30. The van der Waals surface area contributed by atoms with Gasteiger partial charge in [-0.1, -0.05) is 30.3 Å². The van der Waals surface area contributed by atoms with Crippen molar-refractivity contribution >= 4 is 18.0 Å². The maximum atomic E-state index is 12.4. The molecule has 0 saturated carbocycles. The second kappa shape index (κ2) is 8.48. The van der Waals surface area contributed by atoms with Gasteiger partial charge < -0.3 is 14.2 Å². The quantitative estimate of drug-likeness (QED) is 0.583. The molecule has 0 aliphatic carbocycles. The molecule has 0 bridgehead atoms. The van der Waals surface area contributed by atoms with E-state index in [0.29, 0.717) is 6.54 Å². The summed E-state index contributed by atoms with van der Waals surface area (Å²) in [7, 11) is 2.45. The second-order valence-corrected chi connectivity index (χ2v) is 5.47. The number of hydrogen-bond donors (Lipinski definition) is 0. The highest BCUT2D eigenvalue weighted by Gasteiger charge is 2.52. The Bertz CT molecular complexity index is 621. The Balaban J connectivity index is 2.36. The van der Waals surface area contributed by atoms with Gasteiger partial charge in [0.25, 0.3) is 0 Å². The molecule has 8 nitrogen and oxygen atoms in total. The molecule has 1 aromatic carbocycles. The molecule has 25 heavy (non-hydrogen) atoms. The Hall–Kier alpha value is -2.61. The highest BCUT2D eigenvalue weighted by molar-refractivity contribution is 5.88. The van der Waals surface area contributed by atoms with Crippen LogP contribution in [0.5, 0.6) is 0 Å². The molecule has 8 heteroatoms. The number of amides is 1. The summed E-state index contributed by atoms with van der Waals surface area (Å²) in [5.74, 6) is -2.13. The Morgan fingerprint density at radius 1 is 1.08 bits per heavy atom. The molecule has 2 atom stereocenters. The zero-order valence-corrected chi connectivity index (χ0v) is 14.5. The number of benzene rings is 1. The van der Waals surface area contributed by atoms with E-state index < -0.39 is 30.0 Å². The van der Waals surface area contributed by atoms with Crippen LogP contribution in [0.25, 0.3) is 0 Å². The van der Waals surface area contributed by atoms with Gasteiger partial charge in [0.15, 0.2) is 6.04 Å². The zero-order valence-electron chi connectivity index (χ0n) is 14.5. The lowest BCUT2D eigenvalue weighted by Crippen LogP contribution is -2.50. The SMILES string of the molecule is CCOC(=O)N1[C@@H](C(=O)OC)[C@@H](C(=O)OC)CN1Cc1ccccc1.